The first kappa shape index (κ1) is 32.9. The van der Waals surface area contributed by atoms with Crippen molar-refractivity contribution >= 4 is 22.3 Å². The molecule has 11 nitrogen and oxygen atoms in total. The van der Waals surface area contributed by atoms with E-state index in [-0.39, 0.29) is 75.3 Å². The summed E-state index contributed by atoms with van der Waals surface area (Å²) in [6.45, 7) is 7.17. The van der Waals surface area contributed by atoms with Crippen LogP contribution in [0.3, 0.4) is 0 Å². The number of ketones is 2. The van der Waals surface area contributed by atoms with Crippen LogP contribution in [-0.4, -0.2) is 91.0 Å². The van der Waals surface area contributed by atoms with Gasteiger partial charge in [0, 0.05) is 45.7 Å². The van der Waals surface area contributed by atoms with Crippen LogP contribution in [0.4, 0.5) is 0 Å². The Labute approximate surface area is 277 Å². The SMILES string of the molecule is Cc1cc(O)c2cc3c(c(O)c2c1)C(=O)c1ccc([C@H]2C[C@@H]([C@@H]4CC[C@@H]([C@H]5C[C@@H](O)[C@H](O)[C@@H](C)O5)[C@@H](C)O4)[C@H](O)[C@@H](C)O2)c(O)c1C3=O. The van der Waals surface area contributed by atoms with Crippen molar-refractivity contribution in [3.05, 3.63) is 63.7 Å². The van der Waals surface area contributed by atoms with E-state index >= 15 is 0 Å². The minimum Gasteiger partial charge on any atom is -0.507 e. The predicted molar refractivity (Wildman–Crippen MR) is 172 cm³/mol. The van der Waals surface area contributed by atoms with Crippen molar-refractivity contribution in [2.45, 2.75) is 108 Å². The molecule has 11 atom stereocenters. The molecule has 0 unspecified atom stereocenters. The second-order valence-corrected chi connectivity index (χ2v) is 14.1. The summed E-state index contributed by atoms with van der Waals surface area (Å²) in [6.07, 6.45) is -3.44. The fraction of sp³-hybridized carbons (Fsp3) is 0.514. The monoisotopic (exact) mass is 662 g/mol. The van der Waals surface area contributed by atoms with Crippen LogP contribution in [0.2, 0.25) is 0 Å². The number of aromatic hydroxyl groups is 3. The highest BCUT2D eigenvalue weighted by atomic mass is 16.5. The molecule has 3 aromatic carbocycles. The van der Waals surface area contributed by atoms with Gasteiger partial charge in [-0.25, -0.2) is 0 Å². The zero-order valence-corrected chi connectivity index (χ0v) is 27.3. The molecule has 0 saturated carbocycles. The largest absolute Gasteiger partial charge is 0.507 e. The summed E-state index contributed by atoms with van der Waals surface area (Å²) >= 11 is 0. The first-order valence-corrected chi connectivity index (χ1v) is 16.7. The van der Waals surface area contributed by atoms with E-state index in [0.29, 0.717) is 24.0 Å². The van der Waals surface area contributed by atoms with Gasteiger partial charge in [0.05, 0.1) is 60.0 Å². The first-order valence-electron chi connectivity index (χ1n) is 16.7. The first-order chi connectivity index (χ1) is 22.8. The Morgan fingerprint density at radius 3 is 2.04 bits per heavy atom. The van der Waals surface area contributed by atoms with E-state index in [2.05, 4.69) is 0 Å². The third-order valence-corrected chi connectivity index (χ3v) is 11.1. The Kier molecular flexibility index (Phi) is 8.29. The fourth-order valence-electron chi connectivity index (χ4n) is 8.49. The van der Waals surface area contributed by atoms with Crippen molar-refractivity contribution in [2.24, 2.45) is 11.8 Å². The van der Waals surface area contributed by atoms with Crippen molar-refractivity contribution in [1.82, 2.24) is 0 Å². The molecule has 3 aliphatic heterocycles. The minimum absolute atomic E-state index is 0.00494. The molecule has 0 spiro atoms. The van der Waals surface area contributed by atoms with Gasteiger partial charge < -0.3 is 44.8 Å². The Balaban J connectivity index is 1.16. The second kappa shape index (κ2) is 12.1. The number of hydrogen-bond donors (Lipinski definition) is 6. The van der Waals surface area contributed by atoms with Gasteiger partial charge in [-0.2, -0.15) is 0 Å². The summed E-state index contributed by atoms with van der Waals surface area (Å²) in [5.74, 6) is -2.62. The quantitative estimate of drug-likeness (QED) is 0.187. The standard InChI is InChI=1S/C37H42O11/c1-14-9-22-21(25(38)10-14)11-24-31(36(22)44)35(43)20-6-5-19(34(42)30(20)37(24)45)28-12-23(32(40)16(3)47-28)27-8-7-18(15(2)46-27)29-13-26(39)33(41)17(4)48-29/h5-6,9-11,15-18,23,26-29,32-33,38-42,44H,7-8,12-13H2,1-4H3/t15-,16-,17-,18-,23+,26-,27+,28-,29-,32-,33-/m1/s1. The molecule has 0 aromatic heterocycles. The van der Waals surface area contributed by atoms with Crippen LogP contribution in [0.5, 0.6) is 17.2 Å². The zero-order chi connectivity index (χ0) is 34.3. The lowest BCUT2D eigenvalue weighted by molar-refractivity contribution is -0.221. The number of benzene rings is 3. The topological polar surface area (TPSA) is 183 Å². The molecule has 11 heteroatoms. The molecule has 48 heavy (non-hydrogen) atoms. The summed E-state index contributed by atoms with van der Waals surface area (Å²) in [5, 5.41) is 65.4. The maximum atomic E-state index is 13.9. The molecule has 3 fully saturated rings. The van der Waals surface area contributed by atoms with Gasteiger partial charge in [-0.15, -0.1) is 0 Å². The van der Waals surface area contributed by atoms with Gasteiger partial charge in [0.25, 0.3) is 0 Å². The van der Waals surface area contributed by atoms with Crippen LogP contribution in [0, 0.1) is 18.8 Å². The highest BCUT2D eigenvalue weighted by Crippen LogP contribution is 2.48. The van der Waals surface area contributed by atoms with Gasteiger partial charge in [0.2, 0.25) is 0 Å². The highest BCUT2D eigenvalue weighted by molar-refractivity contribution is 6.32. The lowest BCUT2D eigenvalue weighted by Crippen LogP contribution is -2.54. The molecule has 3 aromatic rings. The van der Waals surface area contributed by atoms with E-state index in [0.717, 1.165) is 6.42 Å². The van der Waals surface area contributed by atoms with Crippen LogP contribution < -0.4 is 0 Å². The summed E-state index contributed by atoms with van der Waals surface area (Å²) in [5.41, 5.74) is 0.418. The van der Waals surface area contributed by atoms with Crippen LogP contribution in [0.25, 0.3) is 10.8 Å². The number of aliphatic hydroxyl groups excluding tert-OH is 3. The smallest absolute Gasteiger partial charge is 0.198 e. The third kappa shape index (κ3) is 5.19. The number of aryl methyl sites for hydroxylation is 1. The Morgan fingerprint density at radius 2 is 1.33 bits per heavy atom. The van der Waals surface area contributed by atoms with E-state index in [4.69, 9.17) is 14.2 Å². The van der Waals surface area contributed by atoms with Crippen molar-refractivity contribution in [1.29, 1.82) is 0 Å². The summed E-state index contributed by atoms with van der Waals surface area (Å²) in [4.78, 5) is 27.6. The van der Waals surface area contributed by atoms with Crippen molar-refractivity contribution in [3.8, 4) is 17.2 Å². The van der Waals surface area contributed by atoms with E-state index in [1.54, 1.807) is 32.9 Å². The summed E-state index contributed by atoms with van der Waals surface area (Å²) in [7, 11) is 0. The molecule has 0 amide bonds. The molecule has 7 rings (SSSR count). The molecule has 0 radical (unpaired) electrons. The van der Waals surface area contributed by atoms with Crippen molar-refractivity contribution in [3.63, 3.8) is 0 Å². The number of phenolic OH excluding ortho intramolecular Hbond substituents is 3. The average molecular weight is 663 g/mol. The van der Waals surface area contributed by atoms with Gasteiger partial charge in [-0.1, -0.05) is 6.07 Å². The number of phenols is 3. The van der Waals surface area contributed by atoms with Gasteiger partial charge in [-0.05, 0) is 76.8 Å². The third-order valence-electron chi connectivity index (χ3n) is 11.1. The van der Waals surface area contributed by atoms with Crippen LogP contribution in [-0.2, 0) is 14.2 Å². The fourth-order valence-corrected chi connectivity index (χ4v) is 8.49. The summed E-state index contributed by atoms with van der Waals surface area (Å²) in [6, 6.07) is 7.50. The van der Waals surface area contributed by atoms with E-state index < -0.39 is 59.7 Å². The molecular formula is C37H42O11. The van der Waals surface area contributed by atoms with Gasteiger partial charge in [0.1, 0.15) is 23.4 Å². The molecule has 4 aliphatic rings. The number of carbonyl (C=O) groups is 2. The normalized spacial score (nSPS) is 35.4. The number of ether oxygens (including phenoxy) is 3. The molecule has 0 bridgehead atoms. The van der Waals surface area contributed by atoms with E-state index in [9.17, 15) is 40.2 Å². The molecule has 6 N–H and O–H groups in total. The van der Waals surface area contributed by atoms with E-state index in [1.165, 1.54) is 18.2 Å². The molecule has 3 saturated heterocycles. The average Bonchev–Trinajstić information content (AvgIpc) is 3.03. The highest BCUT2D eigenvalue weighted by Gasteiger charge is 2.47. The second-order valence-electron chi connectivity index (χ2n) is 14.1. The number of fused-ring (bicyclic) bond motifs is 3. The number of carbonyl (C=O) groups excluding carboxylic acids is 2. The maximum absolute atomic E-state index is 13.9. The molecule has 3 heterocycles. The lowest BCUT2D eigenvalue weighted by Gasteiger charge is -2.48. The van der Waals surface area contributed by atoms with Crippen LogP contribution in [0.1, 0.15) is 95.5 Å². The minimum atomic E-state index is -0.933. The number of rotatable bonds is 3. The Hall–Kier alpha value is -3.58. The Bertz CT molecular complexity index is 1790. The van der Waals surface area contributed by atoms with Crippen LogP contribution in [0.15, 0.2) is 30.3 Å². The van der Waals surface area contributed by atoms with E-state index in [1.807, 2.05) is 6.92 Å². The van der Waals surface area contributed by atoms with Crippen molar-refractivity contribution in [2.75, 3.05) is 0 Å². The summed E-state index contributed by atoms with van der Waals surface area (Å²) < 4.78 is 18.7. The van der Waals surface area contributed by atoms with Gasteiger partial charge in [0.15, 0.2) is 11.6 Å². The zero-order valence-electron chi connectivity index (χ0n) is 27.3. The maximum Gasteiger partial charge on any atom is 0.198 e. The van der Waals surface area contributed by atoms with Gasteiger partial charge >= 0.3 is 0 Å². The molecule has 256 valence electrons. The predicted octanol–water partition coefficient (Wildman–Crippen LogP) is 3.95. The number of hydrogen-bond acceptors (Lipinski definition) is 11. The van der Waals surface area contributed by atoms with Crippen molar-refractivity contribution < 1.29 is 54.4 Å². The molecular weight excluding hydrogens is 620 g/mol. The van der Waals surface area contributed by atoms with Crippen LogP contribution >= 0.6 is 0 Å². The number of aliphatic hydroxyl groups is 3. The van der Waals surface area contributed by atoms with Gasteiger partial charge in [-0.3, -0.25) is 9.59 Å². The Morgan fingerprint density at radius 1 is 0.667 bits per heavy atom. The lowest BCUT2D eigenvalue weighted by atomic mass is 9.76. The molecule has 1 aliphatic carbocycles.